The Morgan fingerprint density at radius 1 is 1.08 bits per heavy atom. The van der Waals surface area contributed by atoms with Gasteiger partial charge < -0.3 is 15.4 Å². The minimum Gasteiger partial charge on any atom is -0.381 e. The van der Waals surface area contributed by atoms with Crippen molar-refractivity contribution in [1.29, 1.82) is 0 Å². The van der Waals surface area contributed by atoms with Gasteiger partial charge in [-0.25, -0.2) is 0 Å². The third-order valence-corrected chi connectivity index (χ3v) is 8.21. The van der Waals surface area contributed by atoms with E-state index in [1.165, 1.54) is 6.42 Å². The van der Waals surface area contributed by atoms with E-state index in [-0.39, 0.29) is 47.4 Å². The predicted octanol–water partition coefficient (Wildman–Crippen LogP) is 4.62. The summed E-state index contributed by atoms with van der Waals surface area (Å²) >= 11 is 0. The second kappa shape index (κ2) is 15.6. The normalized spacial score (nSPS) is 33.0. The van der Waals surface area contributed by atoms with Crippen molar-refractivity contribution in [3.05, 3.63) is 0 Å². The third-order valence-electron chi connectivity index (χ3n) is 8.21. The van der Waals surface area contributed by atoms with Crippen LogP contribution in [0.1, 0.15) is 93.4 Å². The first-order valence-corrected chi connectivity index (χ1v) is 14.7. The molecule has 1 aliphatic carbocycles. The van der Waals surface area contributed by atoms with E-state index in [9.17, 15) is 9.59 Å². The van der Waals surface area contributed by atoms with Gasteiger partial charge in [0.1, 0.15) is 0 Å². The Hall–Kier alpha value is -1.58. The lowest BCUT2D eigenvalue weighted by Gasteiger charge is -2.47. The summed E-state index contributed by atoms with van der Waals surface area (Å²) in [6.45, 7) is 18.0. The van der Waals surface area contributed by atoms with E-state index < -0.39 is 0 Å². The molecule has 2 aliphatic heterocycles. The third kappa shape index (κ3) is 8.48. The van der Waals surface area contributed by atoms with Crippen molar-refractivity contribution in [3.8, 4) is 11.8 Å². The van der Waals surface area contributed by atoms with Gasteiger partial charge in [-0.15, -0.1) is 5.92 Å². The monoisotopic (exact) mass is 503 g/mol. The van der Waals surface area contributed by atoms with Crippen LogP contribution in [0.3, 0.4) is 0 Å². The van der Waals surface area contributed by atoms with E-state index in [1.807, 2.05) is 6.92 Å². The molecule has 7 unspecified atom stereocenters. The summed E-state index contributed by atoms with van der Waals surface area (Å²) < 4.78 is 5.61. The second-order valence-electron chi connectivity index (χ2n) is 11.2. The Balaban J connectivity index is 0.00000145. The van der Waals surface area contributed by atoms with Crippen molar-refractivity contribution in [2.75, 3.05) is 26.3 Å². The molecule has 36 heavy (non-hydrogen) atoms. The van der Waals surface area contributed by atoms with Crippen molar-refractivity contribution < 1.29 is 14.3 Å². The number of amides is 2. The minimum atomic E-state index is -0.148. The molecule has 0 aromatic carbocycles. The molecule has 2 N–H and O–H groups in total. The maximum Gasteiger partial charge on any atom is 0.225 e. The summed E-state index contributed by atoms with van der Waals surface area (Å²) in [5.41, 5.74) is 0. The molecule has 2 saturated heterocycles. The number of nitrogens with zero attached hydrogens (tertiary/aromatic N) is 1. The molecule has 2 heterocycles. The maximum absolute atomic E-state index is 13.5. The molecule has 2 amide bonds. The van der Waals surface area contributed by atoms with Gasteiger partial charge in [-0.05, 0) is 57.4 Å². The molecule has 3 rings (SSSR count). The van der Waals surface area contributed by atoms with Gasteiger partial charge in [0.15, 0.2) is 0 Å². The molecule has 3 fully saturated rings. The maximum atomic E-state index is 13.5. The number of rotatable bonds is 6. The summed E-state index contributed by atoms with van der Waals surface area (Å²) in [5.74, 6) is 7.46. The lowest BCUT2D eigenvalue weighted by atomic mass is 9.70. The van der Waals surface area contributed by atoms with Gasteiger partial charge in [-0.2, -0.15) is 0 Å². The number of nitrogens with one attached hydrogen (secondary N) is 2. The summed E-state index contributed by atoms with van der Waals surface area (Å²) in [5, 5.41) is 6.22. The highest BCUT2D eigenvalue weighted by atomic mass is 16.5. The molecule has 0 radical (unpaired) electrons. The average Bonchev–Trinajstić information content (AvgIpc) is 2.85. The van der Waals surface area contributed by atoms with Crippen LogP contribution in [0.25, 0.3) is 0 Å². The Morgan fingerprint density at radius 2 is 1.75 bits per heavy atom. The van der Waals surface area contributed by atoms with Crippen molar-refractivity contribution >= 4 is 11.8 Å². The van der Waals surface area contributed by atoms with E-state index >= 15 is 0 Å². The first-order chi connectivity index (χ1) is 17.3. The molecule has 0 aromatic rings. The van der Waals surface area contributed by atoms with Crippen LogP contribution in [0, 0.1) is 41.4 Å². The van der Waals surface area contributed by atoms with Gasteiger partial charge in [0.05, 0.1) is 5.92 Å². The lowest BCUT2D eigenvalue weighted by Crippen LogP contribution is -2.55. The predicted molar refractivity (Wildman–Crippen MR) is 147 cm³/mol. The van der Waals surface area contributed by atoms with Crippen molar-refractivity contribution in [2.24, 2.45) is 29.6 Å². The zero-order valence-electron chi connectivity index (χ0n) is 24.1. The highest BCUT2D eigenvalue weighted by Gasteiger charge is 2.43. The minimum absolute atomic E-state index is 0.0690. The van der Waals surface area contributed by atoms with Gasteiger partial charge in [-0.1, -0.05) is 53.9 Å². The number of carbonyl (C=O) groups is 2. The van der Waals surface area contributed by atoms with E-state index in [4.69, 9.17) is 4.74 Å². The molecule has 3 aliphatic rings. The fraction of sp³-hybridized carbons (Fsp3) is 0.867. The largest absolute Gasteiger partial charge is 0.381 e. The Bertz CT molecular complexity index is 739. The number of carbonyl (C=O) groups excluding carboxylic acids is 2. The lowest BCUT2D eigenvalue weighted by molar-refractivity contribution is -0.132. The Labute approximate surface area is 221 Å². The molecule has 0 aromatic heterocycles. The highest BCUT2D eigenvalue weighted by Crippen LogP contribution is 2.38. The van der Waals surface area contributed by atoms with Gasteiger partial charge in [-0.3, -0.25) is 14.5 Å². The first kappa shape index (κ1) is 30.6. The van der Waals surface area contributed by atoms with Gasteiger partial charge in [0.25, 0.3) is 0 Å². The van der Waals surface area contributed by atoms with Crippen LogP contribution in [0.4, 0.5) is 0 Å². The Kier molecular flexibility index (Phi) is 13.3. The average molecular weight is 504 g/mol. The molecule has 7 atom stereocenters. The van der Waals surface area contributed by atoms with E-state index in [2.05, 4.69) is 68.9 Å². The molecule has 0 bridgehead atoms. The highest BCUT2D eigenvalue weighted by molar-refractivity contribution is 5.83. The summed E-state index contributed by atoms with van der Waals surface area (Å²) in [4.78, 5) is 28.6. The Morgan fingerprint density at radius 3 is 2.33 bits per heavy atom. The molecule has 6 heteroatoms. The summed E-state index contributed by atoms with van der Waals surface area (Å²) in [6.07, 6.45) is 7.02. The van der Waals surface area contributed by atoms with Crippen LogP contribution in [0.15, 0.2) is 0 Å². The number of piperidine rings is 1. The molecular formula is C30H53N3O3. The number of hydrogen-bond donors (Lipinski definition) is 2. The molecular weight excluding hydrogens is 450 g/mol. The van der Waals surface area contributed by atoms with Crippen LogP contribution in [0.5, 0.6) is 0 Å². The first-order valence-electron chi connectivity index (χ1n) is 14.7. The second-order valence-corrected chi connectivity index (χ2v) is 11.2. The fourth-order valence-electron chi connectivity index (χ4n) is 6.34. The summed E-state index contributed by atoms with van der Waals surface area (Å²) in [7, 11) is 0. The molecule has 1 saturated carbocycles. The zero-order chi connectivity index (χ0) is 26.7. The van der Waals surface area contributed by atoms with E-state index in [0.717, 1.165) is 58.3 Å². The van der Waals surface area contributed by atoms with Crippen LogP contribution < -0.4 is 10.6 Å². The number of hydrogen-bond acceptors (Lipinski definition) is 4. The van der Waals surface area contributed by atoms with Crippen molar-refractivity contribution in [1.82, 2.24) is 15.5 Å². The molecule has 206 valence electrons. The van der Waals surface area contributed by atoms with E-state index in [0.29, 0.717) is 18.6 Å². The number of ether oxygens (including phenoxy) is 1. The fourth-order valence-corrected chi connectivity index (χ4v) is 6.34. The van der Waals surface area contributed by atoms with Crippen molar-refractivity contribution in [2.45, 2.75) is 112 Å². The van der Waals surface area contributed by atoms with Crippen LogP contribution in [-0.4, -0.2) is 61.1 Å². The van der Waals surface area contributed by atoms with E-state index in [1.54, 1.807) is 0 Å². The van der Waals surface area contributed by atoms with Gasteiger partial charge in [0, 0.05) is 56.1 Å². The topological polar surface area (TPSA) is 70.7 Å². The standard InChI is InChI=1S/C27H45N3O3.C3H8/c1-6-8-9-21-15-23(26(31)28-17-24-18(3)14-19(4)29-27(24)32)20(5)25(16-21)30(7-2)22-10-12-33-13-11-22;1-3-2/h18-25H,6-7,10-17H2,1-5H3,(H,28,31)(H,29,32);3H2,1-2H3. The zero-order valence-corrected chi connectivity index (χ0v) is 24.1. The van der Waals surface area contributed by atoms with Gasteiger partial charge >= 0.3 is 0 Å². The molecule has 6 nitrogen and oxygen atoms in total. The van der Waals surface area contributed by atoms with Crippen LogP contribution in [-0.2, 0) is 14.3 Å². The van der Waals surface area contributed by atoms with Gasteiger partial charge in [0.2, 0.25) is 11.8 Å². The SMILES string of the molecule is CCC.CCC#CC1CC(C(=O)NCC2C(=O)NC(C)CC2C)C(C)C(N(CC)C2CCOCC2)C1. The van der Waals surface area contributed by atoms with Crippen LogP contribution >= 0.6 is 0 Å². The smallest absolute Gasteiger partial charge is 0.225 e. The summed E-state index contributed by atoms with van der Waals surface area (Å²) in [6, 6.07) is 1.07. The van der Waals surface area contributed by atoms with Crippen molar-refractivity contribution in [3.63, 3.8) is 0 Å². The quantitative estimate of drug-likeness (QED) is 0.519. The van der Waals surface area contributed by atoms with Crippen LogP contribution in [0.2, 0.25) is 0 Å². The molecule has 0 spiro atoms.